The molecule has 0 unspecified atom stereocenters. The van der Waals surface area contributed by atoms with Gasteiger partial charge in [-0.15, -0.1) is 0 Å². The number of rotatable bonds is 4. The van der Waals surface area contributed by atoms with Crippen molar-refractivity contribution >= 4 is 40.2 Å². The van der Waals surface area contributed by atoms with Gasteiger partial charge in [-0.3, -0.25) is 0 Å². The highest BCUT2D eigenvalue weighted by Gasteiger charge is 2.53. The van der Waals surface area contributed by atoms with Gasteiger partial charge in [-0.25, -0.2) is 0 Å². The number of fused-ring (bicyclic) bond motifs is 13. The standard InChI is InChI=1S/C49H33NO/c1-2-14-32(15-3-1)33-16-12-17-34(30-33)50(35-28-29-47-41(31-35)39-21-7-11-27-46(39)51-47)45-26-13-22-40-38-20-6-10-25-44(38)49(48(40)45)42-23-8-4-18-36(42)37-19-5-9-24-43(37)49/h1-6,8-10,12-31H,7,11H2. The summed E-state index contributed by atoms with van der Waals surface area (Å²) < 4.78 is 6.38. The molecule has 2 heteroatoms. The van der Waals surface area contributed by atoms with E-state index in [1.165, 1.54) is 66.5 Å². The topological polar surface area (TPSA) is 16.4 Å². The maximum absolute atomic E-state index is 6.38. The highest BCUT2D eigenvalue weighted by Crippen LogP contribution is 2.65. The molecule has 11 rings (SSSR count). The van der Waals surface area contributed by atoms with Crippen LogP contribution in [0.15, 0.2) is 168 Å². The van der Waals surface area contributed by atoms with Crippen LogP contribution in [0.5, 0.6) is 0 Å². The maximum atomic E-state index is 6.38. The Bertz CT molecular complexity index is 2760. The van der Waals surface area contributed by atoms with E-state index in [0.717, 1.165) is 40.6 Å². The van der Waals surface area contributed by atoms with Crippen molar-refractivity contribution in [2.45, 2.75) is 18.3 Å². The summed E-state index contributed by atoms with van der Waals surface area (Å²) in [6.07, 6.45) is 6.61. The van der Waals surface area contributed by atoms with Crippen LogP contribution in [0.3, 0.4) is 0 Å². The van der Waals surface area contributed by atoms with Crippen LogP contribution in [0.4, 0.5) is 17.1 Å². The largest absolute Gasteiger partial charge is 0.456 e. The minimum atomic E-state index is -0.480. The number of furan rings is 1. The minimum Gasteiger partial charge on any atom is -0.456 e. The molecular weight excluding hydrogens is 619 g/mol. The molecule has 0 bridgehead atoms. The van der Waals surface area contributed by atoms with Gasteiger partial charge in [-0.05, 0) is 105 Å². The van der Waals surface area contributed by atoms with Crippen LogP contribution in [-0.4, -0.2) is 0 Å². The third-order valence-corrected chi connectivity index (χ3v) is 11.3. The van der Waals surface area contributed by atoms with Gasteiger partial charge in [0.25, 0.3) is 0 Å². The van der Waals surface area contributed by atoms with Gasteiger partial charge in [0.2, 0.25) is 0 Å². The van der Waals surface area contributed by atoms with Crippen molar-refractivity contribution in [2.24, 2.45) is 0 Å². The summed E-state index contributed by atoms with van der Waals surface area (Å²) in [4.78, 5) is 2.49. The van der Waals surface area contributed by atoms with Crippen molar-refractivity contribution in [3.63, 3.8) is 0 Å². The Balaban J connectivity index is 1.25. The molecule has 3 aliphatic carbocycles. The van der Waals surface area contributed by atoms with Crippen molar-refractivity contribution in [1.29, 1.82) is 0 Å². The van der Waals surface area contributed by atoms with Crippen LogP contribution >= 0.6 is 0 Å². The molecule has 1 aromatic heterocycles. The van der Waals surface area contributed by atoms with Crippen molar-refractivity contribution in [3.05, 3.63) is 197 Å². The number of hydrogen-bond acceptors (Lipinski definition) is 2. The van der Waals surface area contributed by atoms with Gasteiger partial charge >= 0.3 is 0 Å². The van der Waals surface area contributed by atoms with E-state index in [-0.39, 0.29) is 0 Å². The lowest BCUT2D eigenvalue weighted by Gasteiger charge is -2.36. The van der Waals surface area contributed by atoms with Crippen LogP contribution in [0.1, 0.15) is 35.1 Å². The quantitative estimate of drug-likeness (QED) is 0.188. The second-order valence-electron chi connectivity index (χ2n) is 13.9. The van der Waals surface area contributed by atoms with Gasteiger partial charge in [-0.2, -0.15) is 0 Å². The molecule has 0 saturated carbocycles. The van der Waals surface area contributed by atoms with Crippen LogP contribution in [0, 0.1) is 0 Å². The first kappa shape index (κ1) is 28.5. The first-order valence-electron chi connectivity index (χ1n) is 17.9. The van der Waals surface area contributed by atoms with E-state index in [0.29, 0.717) is 0 Å². The summed E-state index contributed by atoms with van der Waals surface area (Å²) in [5.41, 5.74) is 17.7. The SMILES string of the molecule is C1=c2oc3ccc(N(c4cccc(-c5ccccc5)c4)c4cccc5c4C4(c6ccccc6-c6ccccc64)c4ccccc4-5)cc3c2=CCC1. The number of benzene rings is 7. The molecule has 1 spiro atoms. The van der Waals surface area contributed by atoms with Gasteiger partial charge in [0, 0.05) is 27.5 Å². The fourth-order valence-electron chi connectivity index (χ4n) is 9.27. The Morgan fingerprint density at radius 1 is 0.471 bits per heavy atom. The molecule has 0 N–H and O–H groups in total. The highest BCUT2D eigenvalue weighted by molar-refractivity contribution is 6.00. The monoisotopic (exact) mass is 651 g/mol. The summed E-state index contributed by atoms with van der Waals surface area (Å²) in [7, 11) is 0. The normalized spacial score (nSPS) is 14.2. The smallest absolute Gasteiger partial charge is 0.135 e. The Labute approximate surface area is 296 Å². The lowest BCUT2D eigenvalue weighted by atomic mass is 9.70. The van der Waals surface area contributed by atoms with E-state index in [1.54, 1.807) is 0 Å². The third-order valence-electron chi connectivity index (χ3n) is 11.3. The molecule has 0 saturated heterocycles. The van der Waals surface area contributed by atoms with Crippen molar-refractivity contribution < 1.29 is 4.42 Å². The van der Waals surface area contributed by atoms with E-state index in [2.05, 4.69) is 181 Å². The first-order valence-corrected chi connectivity index (χ1v) is 17.9. The third kappa shape index (κ3) is 3.93. The van der Waals surface area contributed by atoms with Crippen molar-refractivity contribution in [1.82, 2.24) is 0 Å². The van der Waals surface area contributed by atoms with E-state index in [4.69, 9.17) is 4.42 Å². The highest BCUT2D eigenvalue weighted by atomic mass is 16.3. The Hall–Kier alpha value is -6.38. The van der Waals surface area contributed by atoms with E-state index in [1.807, 2.05) is 0 Å². The number of anilines is 3. The molecule has 240 valence electrons. The fourth-order valence-corrected chi connectivity index (χ4v) is 9.27. The minimum absolute atomic E-state index is 0.480. The summed E-state index contributed by atoms with van der Waals surface area (Å²) in [5.74, 6) is 0. The molecule has 2 nitrogen and oxygen atoms in total. The molecular formula is C49H33NO. The Morgan fingerprint density at radius 2 is 1.06 bits per heavy atom. The zero-order valence-electron chi connectivity index (χ0n) is 28.0. The van der Waals surface area contributed by atoms with Gasteiger partial charge in [0.1, 0.15) is 11.0 Å². The van der Waals surface area contributed by atoms with Gasteiger partial charge < -0.3 is 9.32 Å². The average molecular weight is 652 g/mol. The molecule has 1 heterocycles. The van der Waals surface area contributed by atoms with Crippen molar-refractivity contribution in [2.75, 3.05) is 4.90 Å². The van der Waals surface area contributed by atoms with Gasteiger partial charge in [0.15, 0.2) is 0 Å². The van der Waals surface area contributed by atoms with E-state index in [9.17, 15) is 0 Å². The summed E-state index contributed by atoms with van der Waals surface area (Å²) in [6, 6.07) is 60.5. The molecule has 0 aliphatic heterocycles. The molecule has 0 radical (unpaired) electrons. The molecule has 0 atom stereocenters. The van der Waals surface area contributed by atoms with E-state index < -0.39 is 5.41 Å². The molecule has 8 aromatic rings. The lowest BCUT2D eigenvalue weighted by molar-refractivity contribution is 0.572. The Morgan fingerprint density at radius 3 is 1.80 bits per heavy atom. The van der Waals surface area contributed by atoms with Crippen molar-refractivity contribution in [3.8, 4) is 33.4 Å². The van der Waals surface area contributed by atoms with Crippen LogP contribution in [0.25, 0.3) is 56.5 Å². The second-order valence-corrected chi connectivity index (χ2v) is 13.9. The average Bonchev–Trinajstić information content (AvgIpc) is 3.83. The predicted octanol–water partition coefficient (Wildman–Crippen LogP) is 11.3. The summed E-state index contributed by atoms with van der Waals surface area (Å²) in [6.45, 7) is 0. The van der Waals surface area contributed by atoms with Gasteiger partial charge in [-0.1, -0.05) is 133 Å². The summed E-state index contributed by atoms with van der Waals surface area (Å²) >= 11 is 0. The van der Waals surface area contributed by atoms with Gasteiger partial charge in [0.05, 0.1) is 11.1 Å². The predicted molar refractivity (Wildman–Crippen MR) is 210 cm³/mol. The van der Waals surface area contributed by atoms with Crippen LogP contribution in [0.2, 0.25) is 0 Å². The molecule has 7 aromatic carbocycles. The Kier molecular flexibility index (Phi) is 6.03. The fraction of sp³-hybridized carbons (Fsp3) is 0.0612. The zero-order chi connectivity index (χ0) is 33.5. The summed E-state index contributed by atoms with van der Waals surface area (Å²) in [5, 5.41) is 2.36. The number of nitrogens with zero attached hydrogens (tertiary/aromatic N) is 1. The molecule has 0 amide bonds. The number of hydrogen-bond donors (Lipinski definition) is 0. The van der Waals surface area contributed by atoms with Crippen LogP contribution in [-0.2, 0) is 5.41 Å². The zero-order valence-corrected chi connectivity index (χ0v) is 28.0. The van der Waals surface area contributed by atoms with E-state index >= 15 is 0 Å². The second kappa shape index (κ2) is 10.8. The molecule has 3 aliphatic rings. The molecule has 51 heavy (non-hydrogen) atoms. The van der Waals surface area contributed by atoms with Crippen LogP contribution < -0.4 is 15.5 Å². The lowest BCUT2D eigenvalue weighted by Crippen LogP contribution is -2.28. The molecule has 0 fully saturated rings. The first-order chi connectivity index (χ1) is 25.3. The maximum Gasteiger partial charge on any atom is 0.135 e.